The summed E-state index contributed by atoms with van der Waals surface area (Å²) in [6.45, 7) is 3.15. The molecule has 0 saturated carbocycles. The minimum Gasteiger partial charge on any atom is -0.481 e. The number of carbonyl (C=O) groups excluding carboxylic acids is 2. The fourth-order valence-electron chi connectivity index (χ4n) is 5.23. The van der Waals surface area contributed by atoms with Gasteiger partial charge in [0, 0.05) is 25.4 Å². The number of alkyl carbamates (subject to hydrolysis) is 1. The summed E-state index contributed by atoms with van der Waals surface area (Å²) in [7, 11) is 0. The normalized spacial score (nSPS) is 18.0. The third-order valence-corrected chi connectivity index (χ3v) is 6.81. The number of rotatable bonds is 8. The highest BCUT2D eigenvalue weighted by Gasteiger charge is 2.32. The van der Waals surface area contributed by atoms with Gasteiger partial charge in [0.1, 0.15) is 12.6 Å². The first kappa shape index (κ1) is 23.8. The fraction of sp³-hybridized carbons (Fsp3) is 0.444. The summed E-state index contributed by atoms with van der Waals surface area (Å²) in [5.74, 6) is -1.10. The number of carboxylic acids is 1. The second-order valence-corrected chi connectivity index (χ2v) is 9.20. The van der Waals surface area contributed by atoms with E-state index in [1.165, 1.54) is 0 Å². The van der Waals surface area contributed by atoms with Gasteiger partial charge in [-0.1, -0.05) is 61.9 Å². The second-order valence-electron chi connectivity index (χ2n) is 9.20. The lowest BCUT2D eigenvalue weighted by Crippen LogP contribution is -2.51. The third-order valence-electron chi connectivity index (χ3n) is 6.81. The number of ether oxygens (including phenoxy) is 1. The molecular formula is C27H32N2O5. The standard InChI is InChI=1S/C27H32N2O5/c1-2-8-24(26(32)29-14-7-9-18(16-29)15-25(30)31)28-27(33)34-17-23-21-12-5-3-10-19(21)20-11-4-6-13-22(20)23/h3-6,10-13,18,23-24H,2,7-9,14-17H2,1H3,(H,28,33)(H,30,31)/t18?,24-/m0/s1. The van der Waals surface area contributed by atoms with E-state index in [9.17, 15) is 14.4 Å². The van der Waals surface area contributed by atoms with Crippen molar-refractivity contribution in [2.24, 2.45) is 5.92 Å². The van der Waals surface area contributed by atoms with E-state index in [2.05, 4.69) is 29.6 Å². The molecule has 0 aromatic heterocycles. The highest BCUT2D eigenvalue weighted by atomic mass is 16.5. The van der Waals surface area contributed by atoms with Crippen LogP contribution >= 0.6 is 0 Å². The molecule has 0 spiro atoms. The van der Waals surface area contributed by atoms with Gasteiger partial charge in [-0.15, -0.1) is 0 Å². The summed E-state index contributed by atoms with van der Waals surface area (Å²) < 4.78 is 5.63. The summed E-state index contributed by atoms with van der Waals surface area (Å²) in [4.78, 5) is 38.7. The average Bonchev–Trinajstić information content (AvgIpc) is 3.15. The predicted molar refractivity (Wildman–Crippen MR) is 128 cm³/mol. The number of benzene rings is 2. The molecule has 1 aliphatic heterocycles. The van der Waals surface area contributed by atoms with Crippen molar-refractivity contribution in [2.75, 3.05) is 19.7 Å². The number of hydrogen-bond acceptors (Lipinski definition) is 4. The molecule has 4 rings (SSSR count). The number of nitrogens with zero attached hydrogens (tertiary/aromatic N) is 1. The van der Waals surface area contributed by atoms with Crippen LogP contribution in [-0.2, 0) is 14.3 Å². The van der Waals surface area contributed by atoms with E-state index in [-0.39, 0.29) is 30.8 Å². The first-order chi connectivity index (χ1) is 16.5. The first-order valence-electron chi connectivity index (χ1n) is 12.1. The number of fused-ring (bicyclic) bond motifs is 3. The molecule has 2 aromatic rings. The summed E-state index contributed by atoms with van der Waals surface area (Å²) in [5.41, 5.74) is 4.59. The van der Waals surface area contributed by atoms with E-state index in [1.807, 2.05) is 31.2 Å². The van der Waals surface area contributed by atoms with Crippen LogP contribution in [0.4, 0.5) is 4.79 Å². The number of hydrogen-bond donors (Lipinski definition) is 2. The van der Waals surface area contributed by atoms with Crippen LogP contribution in [0.2, 0.25) is 0 Å². The number of aliphatic carboxylic acids is 1. The van der Waals surface area contributed by atoms with E-state index in [0.717, 1.165) is 41.5 Å². The van der Waals surface area contributed by atoms with Crippen molar-refractivity contribution in [2.45, 2.75) is 51.0 Å². The summed E-state index contributed by atoms with van der Waals surface area (Å²) in [5, 5.41) is 11.9. The van der Waals surface area contributed by atoms with Crippen molar-refractivity contribution in [3.05, 3.63) is 59.7 Å². The first-order valence-corrected chi connectivity index (χ1v) is 12.1. The molecule has 34 heavy (non-hydrogen) atoms. The van der Waals surface area contributed by atoms with Crippen LogP contribution in [0.5, 0.6) is 0 Å². The lowest BCUT2D eigenvalue weighted by molar-refractivity contribution is -0.141. The number of carboxylic acid groups (broad SMARTS) is 1. The van der Waals surface area contributed by atoms with Gasteiger partial charge in [-0.2, -0.15) is 0 Å². The Balaban J connectivity index is 1.38. The van der Waals surface area contributed by atoms with Crippen molar-refractivity contribution < 1.29 is 24.2 Å². The Kier molecular flexibility index (Phi) is 7.50. The zero-order chi connectivity index (χ0) is 24.1. The molecule has 7 nitrogen and oxygen atoms in total. The molecule has 2 aliphatic rings. The zero-order valence-corrected chi connectivity index (χ0v) is 19.5. The minimum absolute atomic E-state index is 0.0441. The summed E-state index contributed by atoms with van der Waals surface area (Å²) >= 11 is 0. The van der Waals surface area contributed by atoms with Gasteiger partial charge < -0.3 is 20.1 Å². The smallest absolute Gasteiger partial charge is 0.407 e. The molecule has 1 saturated heterocycles. The van der Waals surface area contributed by atoms with Crippen LogP contribution in [0.15, 0.2) is 48.5 Å². The van der Waals surface area contributed by atoms with E-state index < -0.39 is 18.1 Å². The molecule has 1 heterocycles. The number of piperidine rings is 1. The molecule has 7 heteroatoms. The summed E-state index contributed by atoms with van der Waals surface area (Å²) in [6, 6.07) is 15.6. The number of amides is 2. The zero-order valence-electron chi connectivity index (χ0n) is 19.5. The molecule has 1 unspecified atom stereocenters. The Hall–Kier alpha value is -3.35. The highest BCUT2D eigenvalue weighted by Crippen LogP contribution is 2.44. The molecular weight excluding hydrogens is 432 g/mol. The molecule has 180 valence electrons. The van der Waals surface area contributed by atoms with Gasteiger partial charge in [0.2, 0.25) is 5.91 Å². The van der Waals surface area contributed by atoms with Crippen molar-refractivity contribution in [3.63, 3.8) is 0 Å². The Morgan fingerprint density at radius 1 is 1.09 bits per heavy atom. The minimum atomic E-state index is -0.846. The van der Waals surface area contributed by atoms with Crippen LogP contribution in [0.25, 0.3) is 11.1 Å². The molecule has 0 radical (unpaired) electrons. The van der Waals surface area contributed by atoms with Gasteiger partial charge in [0.25, 0.3) is 0 Å². The van der Waals surface area contributed by atoms with Gasteiger partial charge in [0.15, 0.2) is 0 Å². The lowest BCUT2D eigenvalue weighted by atomic mass is 9.94. The Bertz CT molecular complexity index is 1010. The van der Waals surface area contributed by atoms with E-state index in [4.69, 9.17) is 9.84 Å². The number of carbonyl (C=O) groups is 3. The molecule has 1 fully saturated rings. The second kappa shape index (κ2) is 10.7. The van der Waals surface area contributed by atoms with Crippen LogP contribution in [0.3, 0.4) is 0 Å². The van der Waals surface area contributed by atoms with Crippen molar-refractivity contribution in [1.82, 2.24) is 10.2 Å². The van der Waals surface area contributed by atoms with Crippen molar-refractivity contribution >= 4 is 18.0 Å². The Morgan fingerprint density at radius 3 is 2.35 bits per heavy atom. The van der Waals surface area contributed by atoms with Crippen LogP contribution < -0.4 is 5.32 Å². The number of nitrogens with one attached hydrogen (secondary N) is 1. The average molecular weight is 465 g/mol. The van der Waals surface area contributed by atoms with E-state index >= 15 is 0 Å². The molecule has 2 atom stereocenters. The van der Waals surface area contributed by atoms with Gasteiger partial charge in [-0.05, 0) is 47.4 Å². The van der Waals surface area contributed by atoms with E-state index in [1.54, 1.807) is 4.90 Å². The molecule has 2 N–H and O–H groups in total. The lowest BCUT2D eigenvalue weighted by Gasteiger charge is -2.34. The number of likely N-dealkylation sites (tertiary alicyclic amines) is 1. The monoisotopic (exact) mass is 464 g/mol. The van der Waals surface area contributed by atoms with Gasteiger partial charge in [-0.3, -0.25) is 9.59 Å². The van der Waals surface area contributed by atoms with Crippen molar-refractivity contribution in [1.29, 1.82) is 0 Å². The highest BCUT2D eigenvalue weighted by molar-refractivity contribution is 5.86. The quantitative estimate of drug-likeness (QED) is 0.603. The maximum absolute atomic E-state index is 13.2. The summed E-state index contributed by atoms with van der Waals surface area (Å²) in [6.07, 6.45) is 2.26. The largest absolute Gasteiger partial charge is 0.481 e. The molecule has 1 aliphatic carbocycles. The SMILES string of the molecule is CCC[C@H](NC(=O)OCC1c2ccccc2-c2ccccc21)C(=O)N1CCCC(CC(=O)O)C1. The molecule has 0 bridgehead atoms. The van der Waals surface area contributed by atoms with Gasteiger partial charge >= 0.3 is 12.1 Å². The van der Waals surface area contributed by atoms with Crippen LogP contribution in [0, 0.1) is 5.92 Å². The molecule has 2 amide bonds. The van der Waals surface area contributed by atoms with Crippen LogP contribution in [-0.4, -0.2) is 53.7 Å². The molecule has 2 aromatic carbocycles. The fourth-order valence-corrected chi connectivity index (χ4v) is 5.23. The topological polar surface area (TPSA) is 95.9 Å². The van der Waals surface area contributed by atoms with Gasteiger partial charge in [0.05, 0.1) is 0 Å². The third kappa shape index (κ3) is 5.24. The van der Waals surface area contributed by atoms with E-state index in [0.29, 0.717) is 19.5 Å². The van der Waals surface area contributed by atoms with Gasteiger partial charge in [-0.25, -0.2) is 4.79 Å². The Morgan fingerprint density at radius 2 is 1.74 bits per heavy atom. The maximum Gasteiger partial charge on any atom is 0.407 e. The maximum atomic E-state index is 13.2. The Labute approximate surface area is 200 Å². The predicted octanol–water partition coefficient (Wildman–Crippen LogP) is 4.41. The van der Waals surface area contributed by atoms with Crippen molar-refractivity contribution in [3.8, 4) is 11.1 Å². The van der Waals surface area contributed by atoms with Crippen LogP contribution in [0.1, 0.15) is 56.1 Å².